The van der Waals surface area contributed by atoms with Crippen molar-refractivity contribution in [2.75, 3.05) is 13.1 Å². The zero-order chi connectivity index (χ0) is 12.4. The molecule has 0 saturated carbocycles. The number of hydrogen-bond donors (Lipinski definition) is 2. The summed E-state index contributed by atoms with van der Waals surface area (Å²) < 4.78 is 0. The van der Waals surface area contributed by atoms with Gasteiger partial charge in [0.05, 0.1) is 18.1 Å². The maximum atomic E-state index is 12.1. The van der Waals surface area contributed by atoms with Crippen LogP contribution in [-0.4, -0.2) is 46.3 Å². The van der Waals surface area contributed by atoms with Crippen LogP contribution in [0.15, 0.2) is 30.3 Å². The Kier molecular flexibility index (Phi) is 3.45. The van der Waals surface area contributed by atoms with Gasteiger partial charge in [-0.1, -0.05) is 30.3 Å². The Labute approximate surface area is 100 Å². The van der Waals surface area contributed by atoms with Crippen LogP contribution in [0, 0.1) is 0 Å². The molecule has 1 aromatic rings. The Morgan fingerprint density at radius 1 is 1.24 bits per heavy atom. The molecule has 1 aliphatic heterocycles. The second-order valence-electron chi connectivity index (χ2n) is 4.51. The van der Waals surface area contributed by atoms with E-state index in [2.05, 4.69) is 0 Å². The molecule has 1 aromatic carbocycles. The van der Waals surface area contributed by atoms with Crippen LogP contribution in [0.5, 0.6) is 0 Å². The van der Waals surface area contributed by atoms with Crippen molar-refractivity contribution in [3.05, 3.63) is 35.9 Å². The molecule has 17 heavy (non-hydrogen) atoms. The lowest BCUT2D eigenvalue weighted by Gasteiger charge is -2.20. The number of amides is 1. The van der Waals surface area contributed by atoms with E-state index in [1.165, 1.54) is 4.90 Å². The van der Waals surface area contributed by atoms with E-state index in [9.17, 15) is 15.0 Å². The van der Waals surface area contributed by atoms with E-state index in [0.717, 1.165) is 5.56 Å². The van der Waals surface area contributed by atoms with Gasteiger partial charge in [-0.15, -0.1) is 0 Å². The largest absolute Gasteiger partial charge is 0.388 e. The van der Waals surface area contributed by atoms with Gasteiger partial charge in [-0.05, 0) is 12.5 Å². The molecule has 3 atom stereocenters. The summed E-state index contributed by atoms with van der Waals surface area (Å²) >= 11 is 0. The van der Waals surface area contributed by atoms with Crippen molar-refractivity contribution in [1.29, 1.82) is 0 Å². The van der Waals surface area contributed by atoms with E-state index in [1.54, 1.807) is 0 Å². The highest BCUT2D eigenvalue weighted by atomic mass is 16.3. The van der Waals surface area contributed by atoms with Crippen molar-refractivity contribution >= 4 is 5.91 Å². The quantitative estimate of drug-likeness (QED) is 0.777. The lowest BCUT2D eigenvalue weighted by atomic mass is 10.00. The average molecular weight is 235 g/mol. The Bertz CT molecular complexity index is 383. The van der Waals surface area contributed by atoms with Crippen LogP contribution in [-0.2, 0) is 4.79 Å². The zero-order valence-corrected chi connectivity index (χ0v) is 9.78. The first-order chi connectivity index (χ1) is 8.09. The molecule has 0 aromatic heterocycles. The lowest BCUT2D eigenvalue weighted by Crippen LogP contribution is -2.33. The van der Waals surface area contributed by atoms with Crippen LogP contribution in [0.3, 0.4) is 0 Å². The molecular formula is C13H17NO3. The van der Waals surface area contributed by atoms with Gasteiger partial charge in [0.25, 0.3) is 0 Å². The molecule has 92 valence electrons. The van der Waals surface area contributed by atoms with Gasteiger partial charge in [-0.2, -0.15) is 0 Å². The number of aliphatic hydroxyl groups excluding tert-OH is 2. The van der Waals surface area contributed by atoms with Crippen LogP contribution >= 0.6 is 0 Å². The van der Waals surface area contributed by atoms with Crippen molar-refractivity contribution in [3.63, 3.8) is 0 Å². The minimum Gasteiger partial charge on any atom is -0.388 e. The Balaban J connectivity index is 2.06. The molecule has 2 N–H and O–H groups in total. The maximum Gasteiger partial charge on any atom is 0.230 e. The molecule has 4 nitrogen and oxygen atoms in total. The third kappa shape index (κ3) is 2.48. The molecule has 2 rings (SSSR count). The number of hydrogen-bond acceptors (Lipinski definition) is 3. The average Bonchev–Trinajstić information content (AvgIpc) is 2.69. The summed E-state index contributed by atoms with van der Waals surface area (Å²) in [6.07, 6.45) is -1.64. The molecule has 4 heteroatoms. The Hall–Kier alpha value is -1.39. The van der Waals surface area contributed by atoms with Gasteiger partial charge >= 0.3 is 0 Å². The van der Waals surface area contributed by atoms with Crippen LogP contribution in [0.25, 0.3) is 0 Å². The van der Waals surface area contributed by atoms with Crippen molar-refractivity contribution in [3.8, 4) is 0 Å². The molecule has 0 bridgehead atoms. The molecule has 1 heterocycles. The summed E-state index contributed by atoms with van der Waals surface area (Å²) in [5.74, 6) is -0.291. The summed E-state index contributed by atoms with van der Waals surface area (Å²) in [6.45, 7) is 2.28. The number of aliphatic hydroxyl groups is 2. The van der Waals surface area contributed by atoms with Crippen LogP contribution < -0.4 is 0 Å². The van der Waals surface area contributed by atoms with E-state index in [0.29, 0.717) is 0 Å². The molecule has 0 spiro atoms. The summed E-state index contributed by atoms with van der Waals surface area (Å²) in [5, 5.41) is 18.9. The van der Waals surface area contributed by atoms with Crippen molar-refractivity contribution < 1.29 is 15.0 Å². The number of nitrogens with zero attached hydrogens (tertiary/aromatic N) is 1. The lowest BCUT2D eigenvalue weighted by molar-refractivity contribution is -0.131. The van der Waals surface area contributed by atoms with Gasteiger partial charge in [0.15, 0.2) is 0 Å². The second-order valence-corrected chi connectivity index (χ2v) is 4.51. The Morgan fingerprint density at radius 3 is 2.29 bits per heavy atom. The van der Waals surface area contributed by atoms with E-state index < -0.39 is 12.2 Å². The highest BCUT2D eigenvalue weighted by Gasteiger charge is 2.34. The summed E-state index contributed by atoms with van der Waals surface area (Å²) in [4.78, 5) is 13.7. The molecule has 0 radical (unpaired) electrons. The highest BCUT2D eigenvalue weighted by molar-refractivity contribution is 5.83. The molecule has 1 fully saturated rings. The number of β-amino-alcohol motifs (C(OH)–C–C–N with tert-alkyl or cyclic N) is 2. The van der Waals surface area contributed by atoms with Gasteiger partial charge in [0, 0.05) is 13.1 Å². The number of carbonyl (C=O) groups excluding carboxylic acids is 1. The molecule has 1 amide bonds. The Morgan fingerprint density at radius 2 is 1.76 bits per heavy atom. The van der Waals surface area contributed by atoms with Crippen LogP contribution in [0.1, 0.15) is 18.4 Å². The molecule has 3 unspecified atom stereocenters. The second kappa shape index (κ2) is 4.85. The van der Waals surface area contributed by atoms with Gasteiger partial charge in [-0.3, -0.25) is 4.79 Å². The predicted octanol–water partition coefficient (Wildman–Crippen LogP) is 0.354. The topological polar surface area (TPSA) is 60.8 Å². The van der Waals surface area contributed by atoms with E-state index in [-0.39, 0.29) is 24.9 Å². The SMILES string of the molecule is CC(C(=O)N1CC(O)C(O)C1)c1ccccc1. The number of carbonyl (C=O) groups is 1. The standard InChI is InChI=1S/C13H17NO3/c1-9(10-5-3-2-4-6-10)13(17)14-7-11(15)12(16)8-14/h2-6,9,11-12,15-16H,7-8H2,1H3. The van der Waals surface area contributed by atoms with E-state index in [4.69, 9.17) is 0 Å². The van der Waals surface area contributed by atoms with Crippen LogP contribution in [0.2, 0.25) is 0 Å². The number of benzene rings is 1. The fourth-order valence-corrected chi connectivity index (χ4v) is 2.11. The minimum absolute atomic E-state index is 0.0493. The highest BCUT2D eigenvalue weighted by Crippen LogP contribution is 2.20. The van der Waals surface area contributed by atoms with Crippen molar-refractivity contribution in [2.24, 2.45) is 0 Å². The van der Waals surface area contributed by atoms with Gasteiger partial charge in [0.2, 0.25) is 5.91 Å². The van der Waals surface area contributed by atoms with E-state index in [1.807, 2.05) is 37.3 Å². The molecular weight excluding hydrogens is 218 g/mol. The molecule has 1 aliphatic rings. The zero-order valence-electron chi connectivity index (χ0n) is 9.78. The fraction of sp³-hybridized carbons (Fsp3) is 0.462. The summed E-state index contributed by atoms with van der Waals surface area (Å²) in [6, 6.07) is 9.51. The van der Waals surface area contributed by atoms with E-state index >= 15 is 0 Å². The monoisotopic (exact) mass is 235 g/mol. The number of likely N-dealkylation sites (tertiary alicyclic amines) is 1. The van der Waals surface area contributed by atoms with Crippen molar-refractivity contribution in [2.45, 2.75) is 25.0 Å². The first-order valence-corrected chi connectivity index (χ1v) is 5.79. The smallest absolute Gasteiger partial charge is 0.230 e. The van der Waals surface area contributed by atoms with Gasteiger partial charge < -0.3 is 15.1 Å². The summed E-state index contributed by atoms with van der Waals surface area (Å²) in [5.41, 5.74) is 0.952. The maximum absolute atomic E-state index is 12.1. The number of rotatable bonds is 2. The first-order valence-electron chi connectivity index (χ1n) is 5.79. The first kappa shape index (κ1) is 12.1. The fourth-order valence-electron chi connectivity index (χ4n) is 2.11. The van der Waals surface area contributed by atoms with Crippen molar-refractivity contribution in [1.82, 2.24) is 4.90 Å². The van der Waals surface area contributed by atoms with Gasteiger partial charge in [-0.25, -0.2) is 0 Å². The third-order valence-corrected chi connectivity index (χ3v) is 3.24. The summed E-state index contributed by atoms with van der Waals surface area (Å²) in [7, 11) is 0. The normalized spacial score (nSPS) is 25.9. The molecule has 0 aliphatic carbocycles. The third-order valence-electron chi connectivity index (χ3n) is 3.24. The van der Waals surface area contributed by atoms with Gasteiger partial charge in [0.1, 0.15) is 0 Å². The van der Waals surface area contributed by atoms with Crippen LogP contribution in [0.4, 0.5) is 0 Å². The minimum atomic E-state index is -0.818. The predicted molar refractivity (Wildman–Crippen MR) is 63.5 cm³/mol. The molecule has 1 saturated heterocycles.